The Morgan fingerprint density at radius 3 is 2.57 bits per heavy atom. The van der Waals surface area contributed by atoms with Crippen molar-refractivity contribution in [1.29, 1.82) is 0 Å². The Morgan fingerprint density at radius 2 is 1.86 bits per heavy atom. The number of pyridine rings is 1. The first kappa shape index (κ1) is 19.4. The van der Waals surface area contributed by atoms with Gasteiger partial charge >= 0.3 is 0 Å². The van der Waals surface area contributed by atoms with Crippen LogP contribution >= 0.6 is 0 Å². The molecule has 0 spiro atoms. The summed E-state index contributed by atoms with van der Waals surface area (Å²) in [5, 5.41) is 3.09. The molecule has 0 radical (unpaired) electrons. The third kappa shape index (κ3) is 5.33. The normalized spacial score (nSPS) is 10.5. The van der Waals surface area contributed by atoms with Crippen LogP contribution in [-0.4, -0.2) is 45.9 Å². The highest BCUT2D eigenvalue weighted by Gasteiger charge is 2.13. The zero-order chi connectivity index (χ0) is 19.8. The van der Waals surface area contributed by atoms with E-state index in [1.807, 2.05) is 18.2 Å². The number of rotatable bonds is 8. The number of likely N-dealkylation sites (N-methyl/N-ethyl adjacent to an activating group) is 1. The maximum atomic E-state index is 13.6. The van der Waals surface area contributed by atoms with Gasteiger partial charge in [-0.3, -0.25) is 9.78 Å². The Balaban J connectivity index is 1.49. The minimum absolute atomic E-state index is 0.181. The second-order valence-corrected chi connectivity index (χ2v) is 6.39. The molecule has 0 bridgehead atoms. The van der Waals surface area contributed by atoms with Crippen molar-refractivity contribution < 1.29 is 9.18 Å². The van der Waals surface area contributed by atoms with E-state index >= 15 is 0 Å². The molecule has 0 aliphatic rings. The average molecular weight is 379 g/mol. The Hall–Kier alpha value is -3.35. The van der Waals surface area contributed by atoms with Gasteiger partial charge in [0.1, 0.15) is 17.3 Å². The van der Waals surface area contributed by atoms with Crippen LogP contribution < -0.4 is 5.32 Å². The minimum atomic E-state index is -0.217. The molecule has 6 nitrogen and oxygen atoms in total. The molecule has 0 fully saturated rings. The molecule has 28 heavy (non-hydrogen) atoms. The van der Waals surface area contributed by atoms with Crippen LogP contribution in [0.4, 0.5) is 10.2 Å². The number of nitrogens with one attached hydrogen (secondary N) is 1. The van der Waals surface area contributed by atoms with E-state index in [1.165, 1.54) is 18.5 Å². The molecule has 1 N–H and O–H groups in total. The molecule has 2 aromatic heterocycles. The largest absolute Gasteiger partial charge is 0.368 e. The van der Waals surface area contributed by atoms with E-state index in [2.05, 4.69) is 20.3 Å². The molecule has 7 heteroatoms. The summed E-state index contributed by atoms with van der Waals surface area (Å²) in [5.74, 6) is 0.151. The van der Waals surface area contributed by atoms with Crippen molar-refractivity contribution in [2.24, 2.45) is 0 Å². The summed E-state index contributed by atoms with van der Waals surface area (Å²) in [6, 6.07) is 10.5. The van der Waals surface area contributed by atoms with Crippen molar-refractivity contribution >= 4 is 11.7 Å². The van der Waals surface area contributed by atoms with Gasteiger partial charge in [0, 0.05) is 32.5 Å². The molecule has 0 aliphatic heterocycles. The number of aromatic nitrogens is 3. The molecule has 0 saturated carbocycles. The molecular formula is C21H22FN5O. The van der Waals surface area contributed by atoms with E-state index in [0.29, 0.717) is 30.9 Å². The monoisotopic (exact) mass is 379 g/mol. The topological polar surface area (TPSA) is 71.0 Å². The predicted octanol–water partition coefficient (Wildman–Crippen LogP) is 2.98. The van der Waals surface area contributed by atoms with Gasteiger partial charge in [-0.15, -0.1) is 0 Å². The van der Waals surface area contributed by atoms with Gasteiger partial charge < -0.3 is 10.2 Å². The van der Waals surface area contributed by atoms with E-state index in [1.54, 1.807) is 36.5 Å². The van der Waals surface area contributed by atoms with Crippen LogP contribution in [0.1, 0.15) is 21.6 Å². The third-order valence-electron chi connectivity index (χ3n) is 4.36. The van der Waals surface area contributed by atoms with Crippen LogP contribution in [0.5, 0.6) is 0 Å². The van der Waals surface area contributed by atoms with Crippen LogP contribution in [0.3, 0.4) is 0 Å². The first-order valence-corrected chi connectivity index (χ1v) is 9.07. The lowest BCUT2D eigenvalue weighted by Crippen LogP contribution is -2.29. The summed E-state index contributed by atoms with van der Waals surface area (Å²) < 4.78 is 13.6. The quantitative estimate of drug-likeness (QED) is 0.652. The van der Waals surface area contributed by atoms with Crippen LogP contribution in [0.2, 0.25) is 0 Å². The Labute approximate surface area is 163 Å². The van der Waals surface area contributed by atoms with Gasteiger partial charge in [-0.05, 0) is 42.2 Å². The molecule has 2 heterocycles. The standard InChI is InChI=1S/C21H22FN5O/c1-27(13-9-16-6-10-23-11-7-16)21(28)19-14-26-20(15-25-19)24-12-8-17-4-2-3-5-18(17)22/h2-7,10-11,14-15H,8-9,12-13H2,1H3,(H,24,26). The summed E-state index contributed by atoms with van der Waals surface area (Å²) in [6.07, 6.45) is 7.73. The zero-order valence-electron chi connectivity index (χ0n) is 15.7. The first-order valence-electron chi connectivity index (χ1n) is 9.07. The number of halogens is 1. The molecule has 0 aliphatic carbocycles. The summed E-state index contributed by atoms with van der Waals surface area (Å²) in [7, 11) is 1.74. The summed E-state index contributed by atoms with van der Waals surface area (Å²) in [5.41, 5.74) is 2.05. The van der Waals surface area contributed by atoms with Crippen molar-refractivity contribution in [2.75, 3.05) is 25.5 Å². The van der Waals surface area contributed by atoms with Gasteiger partial charge in [0.05, 0.1) is 12.4 Å². The van der Waals surface area contributed by atoms with Crippen molar-refractivity contribution in [1.82, 2.24) is 19.9 Å². The molecule has 0 atom stereocenters. The molecule has 0 saturated heterocycles. The average Bonchev–Trinajstić information content (AvgIpc) is 2.74. The van der Waals surface area contributed by atoms with E-state index in [-0.39, 0.29) is 17.4 Å². The highest BCUT2D eigenvalue weighted by Crippen LogP contribution is 2.09. The maximum Gasteiger partial charge on any atom is 0.273 e. The SMILES string of the molecule is CN(CCc1ccncc1)C(=O)c1cnc(NCCc2ccccc2F)cn1. The number of amides is 1. The van der Waals surface area contributed by atoms with Crippen LogP contribution in [-0.2, 0) is 12.8 Å². The summed E-state index contributed by atoms with van der Waals surface area (Å²) in [4.78, 5) is 26.5. The fraction of sp³-hybridized carbons (Fsp3) is 0.238. The number of hydrogen-bond acceptors (Lipinski definition) is 5. The predicted molar refractivity (Wildman–Crippen MR) is 106 cm³/mol. The Morgan fingerprint density at radius 1 is 1.07 bits per heavy atom. The lowest BCUT2D eigenvalue weighted by molar-refractivity contribution is 0.0790. The minimum Gasteiger partial charge on any atom is -0.368 e. The summed E-state index contributed by atoms with van der Waals surface area (Å²) in [6.45, 7) is 1.10. The van der Waals surface area contributed by atoms with Gasteiger partial charge in [-0.2, -0.15) is 0 Å². The lowest BCUT2D eigenvalue weighted by atomic mass is 10.1. The van der Waals surface area contributed by atoms with Crippen LogP contribution in [0.25, 0.3) is 0 Å². The van der Waals surface area contributed by atoms with E-state index in [0.717, 1.165) is 12.0 Å². The van der Waals surface area contributed by atoms with Gasteiger partial charge in [0.15, 0.2) is 0 Å². The number of benzene rings is 1. The highest BCUT2D eigenvalue weighted by molar-refractivity contribution is 5.91. The van der Waals surface area contributed by atoms with E-state index < -0.39 is 0 Å². The van der Waals surface area contributed by atoms with Crippen molar-refractivity contribution in [3.63, 3.8) is 0 Å². The number of hydrogen-bond donors (Lipinski definition) is 1. The lowest BCUT2D eigenvalue weighted by Gasteiger charge is -2.16. The third-order valence-corrected chi connectivity index (χ3v) is 4.36. The molecule has 0 unspecified atom stereocenters. The molecule has 1 amide bonds. The fourth-order valence-corrected chi connectivity index (χ4v) is 2.70. The molecular weight excluding hydrogens is 357 g/mol. The molecule has 3 aromatic rings. The fourth-order valence-electron chi connectivity index (χ4n) is 2.70. The number of carbonyl (C=O) groups excluding carboxylic acids is 1. The van der Waals surface area contributed by atoms with Crippen LogP contribution in [0.15, 0.2) is 61.2 Å². The second kappa shape index (κ2) is 9.55. The molecule has 144 valence electrons. The number of nitrogens with zero attached hydrogens (tertiary/aromatic N) is 4. The number of anilines is 1. The summed E-state index contributed by atoms with van der Waals surface area (Å²) >= 11 is 0. The second-order valence-electron chi connectivity index (χ2n) is 6.39. The first-order chi connectivity index (χ1) is 13.6. The van der Waals surface area contributed by atoms with Gasteiger partial charge in [0.2, 0.25) is 0 Å². The zero-order valence-corrected chi connectivity index (χ0v) is 15.7. The number of carbonyl (C=O) groups is 1. The molecule has 1 aromatic carbocycles. The van der Waals surface area contributed by atoms with Crippen molar-refractivity contribution in [2.45, 2.75) is 12.8 Å². The van der Waals surface area contributed by atoms with E-state index in [9.17, 15) is 9.18 Å². The maximum absolute atomic E-state index is 13.6. The van der Waals surface area contributed by atoms with Gasteiger partial charge in [-0.25, -0.2) is 14.4 Å². The highest BCUT2D eigenvalue weighted by atomic mass is 19.1. The Bertz CT molecular complexity index is 902. The van der Waals surface area contributed by atoms with Crippen molar-refractivity contribution in [3.8, 4) is 0 Å². The molecule has 3 rings (SSSR count). The van der Waals surface area contributed by atoms with E-state index in [4.69, 9.17) is 0 Å². The van der Waals surface area contributed by atoms with Gasteiger partial charge in [-0.1, -0.05) is 18.2 Å². The van der Waals surface area contributed by atoms with Crippen LogP contribution in [0, 0.1) is 5.82 Å². The smallest absolute Gasteiger partial charge is 0.273 e. The Kier molecular flexibility index (Phi) is 6.62. The van der Waals surface area contributed by atoms with Crippen molar-refractivity contribution in [3.05, 3.63) is 83.8 Å². The van der Waals surface area contributed by atoms with Gasteiger partial charge in [0.25, 0.3) is 5.91 Å².